The van der Waals surface area contributed by atoms with Crippen molar-refractivity contribution in [3.05, 3.63) is 100 Å². The highest BCUT2D eigenvalue weighted by atomic mass is 32.1. The molecule has 45 heavy (non-hydrogen) atoms. The fourth-order valence-corrected chi connectivity index (χ4v) is 6.49. The van der Waals surface area contributed by atoms with Crippen molar-refractivity contribution in [2.75, 3.05) is 13.1 Å². The second-order valence-corrected chi connectivity index (χ2v) is 12.2. The second kappa shape index (κ2) is 14.0. The Morgan fingerprint density at radius 3 is 1.82 bits per heavy atom. The zero-order valence-electron chi connectivity index (χ0n) is 23.6. The van der Waals surface area contributed by atoms with Crippen LogP contribution in [0.2, 0.25) is 0 Å². The number of phenols is 1. The molecule has 2 atom stereocenters. The average Bonchev–Trinajstić information content (AvgIpc) is 3.67. The number of carbonyl (C=O) groups excluding carboxylic acids is 4. The molecule has 13 heteroatoms. The van der Waals surface area contributed by atoms with Crippen molar-refractivity contribution in [2.24, 2.45) is 0 Å². The van der Waals surface area contributed by atoms with Crippen LogP contribution >= 0.6 is 22.7 Å². The number of carbonyl (C=O) groups is 5. The van der Waals surface area contributed by atoms with Gasteiger partial charge in [0.1, 0.15) is 24.4 Å². The number of fused-ring (bicyclic) bond motifs is 2. The van der Waals surface area contributed by atoms with Crippen LogP contribution in [-0.2, 0) is 20.8 Å². The molecule has 4 amide bonds. The molecular weight excluding hydrogens is 617 g/mol. The van der Waals surface area contributed by atoms with Gasteiger partial charge in [0.15, 0.2) is 0 Å². The average molecular weight is 645 g/mol. The molecule has 230 valence electrons. The number of carboxylic acids is 1. The minimum atomic E-state index is -1.36. The van der Waals surface area contributed by atoms with Gasteiger partial charge in [-0.2, -0.15) is 0 Å². The number of thiophene rings is 2. The van der Waals surface area contributed by atoms with Crippen LogP contribution in [0.3, 0.4) is 0 Å². The van der Waals surface area contributed by atoms with E-state index in [0.717, 1.165) is 20.2 Å². The number of carboxylic acid groups (broad SMARTS) is 1. The van der Waals surface area contributed by atoms with Crippen molar-refractivity contribution in [3.63, 3.8) is 0 Å². The Morgan fingerprint density at radius 1 is 0.667 bits per heavy atom. The maximum Gasteiger partial charge on any atom is 0.322 e. The summed E-state index contributed by atoms with van der Waals surface area (Å²) in [5, 5.41) is 30.7. The maximum atomic E-state index is 13.7. The third kappa shape index (κ3) is 8.02. The molecule has 0 fully saturated rings. The first-order valence-electron chi connectivity index (χ1n) is 13.8. The zero-order chi connectivity index (χ0) is 31.9. The SMILES string of the molecule is O=C(O)CNC(=O)[C@@H](CNC(=O)c1cc2ccccc2s1)NC(=O)[C@H](Cc1ccc(O)cc1)NC(=O)c1cc2ccccc2s1. The van der Waals surface area contributed by atoms with Crippen LogP contribution in [0.1, 0.15) is 24.9 Å². The van der Waals surface area contributed by atoms with Crippen LogP contribution < -0.4 is 21.3 Å². The van der Waals surface area contributed by atoms with Gasteiger partial charge in [-0.15, -0.1) is 22.7 Å². The number of amides is 4. The number of aromatic hydroxyl groups is 1. The molecule has 0 aliphatic carbocycles. The number of benzene rings is 3. The third-order valence-corrected chi connectivity index (χ3v) is 9.04. The van der Waals surface area contributed by atoms with E-state index in [1.807, 2.05) is 48.5 Å². The minimum Gasteiger partial charge on any atom is -0.508 e. The normalized spacial score (nSPS) is 12.3. The highest BCUT2D eigenvalue weighted by Gasteiger charge is 2.29. The van der Waals surface area contributed by atoms with Gasteiger partial charge in [-0.05, 0) is 52.7 Å². The van der Waals surface area contributed by atoms with Crippen LogP contribution in [0.15, 0.2) is 84.9 Å². The molecule has 2 aromatic heterocycles. The molecule has 5 rings (SSSR count). The Hall–Kier alpha value is -5.27. The summed E-state index contributed by atoms with van der Waals surface area (Å²) in [5.41, 5.74) is 0.620. The van der Waals surface area contributed by atoms with E-state index in [0.29, 0.717) is 15.3 Å². The van der Waals surface area contributed by atoms with Crippen LogP contribution in [0, 0.1) is 0 Å². The van der Waals surface area contributed by atoms with Crippen LogP contribution in [0.25, 0.3) is 20.2 Å². The predicted molar refractivity (Wildman–Crippen MR) is 172 cm³/mol. The van der Waals surface area contributed by atoms with Crippen molar-refractivity contribution in [2.45, 2.75) is 18.5 Å². The minimum absolute atomic E-state index is 0.0142. The lowest BCUT2D eigenvalue weighted by molar-refractivity contribution is -0.138. The number of nitrogens with one attached hydrogen (secondary N) is 4. The summed E-state index contributed by atoms with van der Waals surface area (Å²) in [6, 6.07) is 21.9. The summed E-state index contributed by atoms with van der Waals surface area (Å²) in [5.74, 6) is -3.80. The van der Waals surface area contributed by atoms with E-state index in [2.05, 4.69) is 21.3 Å². The van der Waals surface area contributed by atoms with Crippen molar-refractivity contribution in [1.82, 2.24) is 21.3 Å². The first-order valence-corrected chi connectivity index (χ1v) is 15.4. The smallest absolute Gasteiger partial charge is 0.322 e. The van der Waals surface area contributed by atoms with E-state index in [-0.39, 0.29) is 18.7 Å². The monoisotopic (exact) mass is 644 g/mol. The molecule has 2 heterocycles. The topological polar surface area (TPSA) is 174 Å². The van der Waals surface area contributed by atoms with E-state index in [1.165, 1.54) is 34.8 Å². The van der Waals surface area contributed by atoms with E-state index >= 15 is 0 Å². The van der Waals surface area contributed by atoms with Gasteiger partial charge in [0.05, 0.1) is 9.75 Å². The first kappa shape index (κ1) is 31.2. The van der Waals surface area contributed by atoms with Crippen LogP contribution in [-0.4, -0.2) is 65.0 Å². The molecule has 11 nitrogen and oxygen atoms in total. The zero-order valence-corrected chi connectivity index (χ0v) is 25.2. The van der Waals surface area contributed by atoms with Gasteiger partial charge >= 0.3 is 5.97 Å². The van der Waals surface area contributed by atoms with Crippen molar-refractivity contribution in [3.8, 4) is 5.75 Å². The summed E-state index contributed by atoms with van der Waals surface area (Å²) in [7, 11) is 0. The van der Waals surface area contributed by atoms with E-state index in [1.54, 1.807) is 24.3 Å². The standard InChI is InChI=1S/C32H28N4O7S2/c37-21-11-9-18(10-12-21)13-22(35-32(43)27-15-20-6-2-4-8-25(20)45-27)30(41)36-23(29(40)34-17-28(38)39)16-33-31(42)26-14-19-5-1-3-7-24(19)44-26/h1-12,14-15,22-23,37H,13,16-17H2,(H,33,42)(H,34,40)(H,35,43)(H,36,41)(H,38,39)/t22-,23+/m0/s1. The van der Waals surface area contributed by atoms with Gasteiger partial charge < -0.3 is 31.5 Å². The number of hydrogen-bond acceptors (Lipinski definition) is 8. The number of aliphatic carboxylic acids is 1. The Kier molecular flexibility index (Phi) is 9.70. The van der Waals surface area contributed by atoms with Crippen LogP contribution in [0.5, 0.6) is 5.75 Å². The maximum absolute atomic E-state index is 13.7. The van der Waals surface area contributed by atoms with Crippen molar-refractivity contribution < 1.29 is 34.2 Å². The number of phenolic OH excluding ortho intramolecular Hbond substituents is 1. The first-order chi connectivity index (χ1) is 21.7. The summed E-state index contributed by atoms with van der Waals surface area (Å²) >= 11 is 2.53. The Labute approximate surface area is 264 Å². The predicted octanol–water partition coefficient (Wildman–Crippen LogP) is 3.28. The van der Waals surface area contributed by atoms with E-state index < -0.39 is 48.2 Å². The lowest BCUT2D eigenvalue weighted by Gasteiger charge is -2.23. The Balaban J connectivity index is 1.34. The summed E-state index contributed by atoms with van der Waals surface area (Å²) in [6.07, 6.45) is 0.0142. The fourth-order valence-electron chi connectivity index (χ4n) is 4.54. The van der Waals surface area contributed by atoms with Crippen LogP contribution in [0.4, 0.5) is 0 Å². The Bertz CT molecular complexity index is 1820. The number of rotatable bonds is 12. The molecule has 0 saturated heterocycles. The molecule has 0 aliphatic rings. The molecule has 0 saturated carbocycles. The van der Waals surface area contributed by atoms with Crippen molar-refractivity contribution >= 4 is 72.4 Å². The Morgan fingerprint density at radius 2 is 1.24 bits per heavy atom. The molecule has 0 unspecified atom stereocenters. The van der Waals surface area contributed by atoms with Crippen molar-refractivity contribution in [1.29, 1.82) is 0 Å². The quantitative estimate of drug-likeness (QED) is 0.121. The fraction of sp³-hybridized carbons (Fsp3) is 0.156. The van der Waals surface area contributed by atoms with Gasteiger partial charge in [-0.3, -0.25) is 24.0 Å². The molecular formula is C32H28N4O7S2. The van der Waals surface area contributed by atoms with Gasteiger partial charge in [-0.25, -0.2) is 0 Å². The van der Waals surface area contributed by atoms with Gasteiger partial charge in [-0.1, -0.05) is 48.5 Å². The molecule has 3 aromatic carbocycles. The lowest BCUT2D eigenvalue weighted by Crippen LogP contribution is -2.57. The number of hydrogen-bond donors (Lipinski definition) is 6. The largest absolute Gasteiger partial charge is 0.508 e. The molecule has 6 N–H and O–H groups in total. The van der Waals surface area contributed by atoms with Gasteiger partial charge in [0.25, 0.3) is 11.8 Å². The highest BCUT2D eigenvalue weighted by Crippen LogP contribution is 2.26. The molecule has 0 aliphatic heterocycles. The molecule has 5 aromatic rings. The summed E-state index contributed by atoms with van der Waals surface area (Å²) in [4.78, 5) is 64.8. The highest BCUT2D eigenvalue weighted by molar-refractivity contribution is 7.21. The molecule has 0 bridgehead atoms. The van der Waals surface area contributed by atoms with Gasteiger partial charge in [0, 0.05) is 22.4 Å². The van der Waals surface area contributed by atoms with E-state index in [4.69, 9.17) is 5.11 Å². The summed E-state index contributed by atoms with van der Waals surface area (Å²) in [6.45, 7) is -1.05. The van der Waals surface area contributed by atoms with E-state index in [9.17, 15) is 29.1 Å². The van der Waals surface area contributed by atoms with Gasteiger partial charge in [0.2, 0.25) is 11.8 Å². The summed E-state index contributed by atoms with van der Waals surface area (Å²) < 4.78 is 1.80. The third-order valence-electron chi connectivity index (χ3n) is 6.81. The molecule has 0 radical (unpaired) electrons. The second-order valence-electron chi connectivity index (χ2n) is 10.1. The molecule has 0 spiro atoms. The lowest BCUT2D eigenvalue weighted by atomic mass is 10.0.